The number of urea groups is 1. The average Bonchev–Trinajstić information content (AvgIpc) is 3.27. The van der Waals surface area contributed by atoms with E-state index in [0.717, 1.165) is 20.3 Å². The minimum Gasteiger partial charge on any atom is -0.319 e. The fourth-order valence-electron chi connectivity index (χ4n) is 4.44. The zero-order chi connectivity index (χ0) is 20.4. The van der Waals surface area contributed by atoms with Gasteiger partial charge in [-0.25, -0.2) is 17.5 Å². The molecule has 1 unspecified atom stereocenters. The van der Waals surface area contributed by atoms with Crippen LogP contribution >= 0.6 is 0 Å². The highest BCUT2D eigenvalue weighted by Gasteiger charge is 2.55. The number of nitrogens with one attached hydrogen (secondary N) is 1. The van der Waals surface area contributed by atoms with Gasteiger partial charge in [-0.3, -0.25) is 14.5 Å². The van der Waals surface area contributed by atoms with Gasteiger partial charge in [-0.2, -0.15) is 0 Å². The smallest absolute Gasteiger partial charge is 0.319 e. The molecule has 2 aliphatic heterocycles. The molecule has 2 aromatic carbocycles. The van der Waals surface area contributed by atoms with E-state index in [-0.39, 0.29) is 23.5 Å². The fourth-order valence-corrected chi connectivity index (χ4v) is 6.00. The van der Waals surface area contributed by atoms with E-state index in [0.29, 0.717) is 12.8 Å². The van der Waals surface area contributed by atoms with E-state index in [4.69, 9.17) is 0 Å². The van der Waals surface area contributed by atoms with Crippen molar-refractivity contribution in [1.82, 2.24) is 14.5 Å². The quantitative estimate of drug-likeness (QED) is 0.765. The average molecular weight is 411 g/mol. The van der Waals surface area contributed by atoms with Gasteiger partial charge in [0.2, 0.25) is 0 Å². The van der Waals surface area contributed by atoms with Crippen LogP contribution in [0.4, 0.5) is 4.79 Å². The zero-order valence-electron chi connectivity index (χ0n) is 15.3. The molecular formula is C20H17N3O5S. The lowest BCUT2D eigenvalue weighted by atomic mass is 9.92. The fraction of sp³-hybridized carbons (Fsp3) is 0.250. The maximum atomic E-state index is 13.2. The van der Waals surface area contributed by atoms with E-state index in [1.165, 1.54) is 12.1 Å². The third kappa shape index (κ3) is 2.30. The molecule has 148 valence electrons. The number of imide groups is 1. The number of hydrogen-bond donors (Lipinski definition) is 1. The van der Waals surface area contributed by atoms with Gasteiger partial charge >= 0.3 is 6.03 Å². The SMILES string of the molecule is O=C1NC2(CCc3ccccc32)C(=O)N1CCN1C(=O)c2ccccc2S1(=O)=O. The highest BCUT2D eigenvalue weighted by molar-refractivity contribution is 7.90. The second-order valence-electron chi connectivity index (χ2n) is 7.33. The number of benzene rings is 2. The summed E-state index contributed by atoms with van der Waals surface area (Å²) in [6.07, 6.45) is 1.13. The Hall–Kier alpha value is -3.20. The summed E-state index contributed by atoms with van der Waals surface area (Å²) in [6, 6.07) is 12.9. The molecule has 0 aromatic heterocycles. The maximum absolute atomic E-state index is 13.2. The number of amides is 4. The molecule has 9 heteroatoms. The van der Waals surface area contributed by atoms with Crippen molar-refractivity contribution in [2.24, 2.45) is 0 Å². The molecule has 3 aliphatic rings. The number of sulfonamides is 1. The second-order valence-corrected chi connectivity index (χ2v) is 9.16. The molecule has 0 radical (unpaired) electrons. The lowest BCUT2D eigenvalue weighted by Gasteiger charge is -2.23. The van der Waals surface area contributed by atoms with Crippen molar-refractivity contribution in [3.8, 4) is 0 Å². The minimum absolute atomic E-state index is 0.0524. The van der Waals surface area contributed by atoms with Crippen LogP contribution in [0.2, 0.25) is 0 Å². The van der Waals surface area contributed by atoms with Gasteiger partial charge in [0.25, 0.3) is 21.8 Å². The monoisotopic (exact) mass is 411 g/mol. The topological polar surface area (TPSA) is 104 Å². The number of carbonyl (C=O) groups excluding carboxylic acids is 3. The van der Waals surface area contributed by atoms with Crippen LogP contribution < -0.4 is 5.32 Å². The Bertz CT molecular complexity index is 1190. The molecule has 29 heavy (non-hydrogen) atoms. The first kappa shape index (κ1) is 17.9. The van der Waals surface area contributed by atoms with Crippen molar-refractivity contribution in [3.63, 3.8) is 0 Å². The van der Waals surface area contributed by atoms with Crippen LogP contribution in [0.15, 0.2) is 53.4 Å². The van der Waals surface area contributed by atoms with Crippen molar-refractivity contribution >= 4 is 27.9 Å². The summed E-state index contributed by atoms with van der Waals surface area (Å²) in [6.45, 7) is -0.486. The van der Waals surface area contributed by atoms with E-state index in [1.54, 1.807) is 12.1 Å². The predicted octanol–water partition coefficient (Wildman–Crippen LogP) is 1.22. The molecule has 1 spiro atoms. The normalized spacial score (nSPS) is 24.2. The Labute approximate surface area is 167 Å². The third-order valence-corrected chi connectivity index (χ3v) is 7.70. The van der Waals surface area contributed by atoms with Gasteiger partial charge in [0, 0.05) is 6.54 Å². The van der Waals surface area contributed by atoms with Gasteiger partial charge in [0.1, 0.15) is 10.4 Å². The van der Waals surface area contributed by atoms with Crippen molar-refractivity contribution < 1.29 is 22.8 Å². The maximum Gasteiger partial charge on any atom is 0.325 e. The summed E-state index contributed by atoms with van der Waals surface area (Å²) < 4.78 is 26.1. The highest BCUT2D eigenvalue weighted by Crippen LogP contribution is 2.41. The number of nitrogens with zero attached hydrogens (tertiary/aromatic N) is 2. The van der Waals surface area contributed by atoms with Crippen LogP contribution in [0.5, 0.6) is 0 Å². The first-order valence-electron chi connectivity index (χ1n) is 9.25. The Morgan fingerprint density at radius 3 is 2.48 bits per heavy atom. The van der Waals surface area contributed by atoms with Gasteiger partial charge in [0.15, 0.2) is 0 Å². The van der Waals surface area contributed by atoms with E-state index >= 15 is 0 Å². The molecule has 0 saturated carbocycles. The summed E-state index contributed by atoms with van der Waals surface area (Å²) in [5.74, 6) is -1.05. The van der Waals surface area contributed by atoms with Gasteiger partial charge in [-0.05, 0) is 36.1 Å². The largest absolute Gasteiger partial charge is 0.325 e. The molecule has 1 atom stereocenters. The Balaban J connectivity index is 1.40. The number of fused-ring (bicyclic) bond motifs is 3. The molecule has 1 fully saturated rings. The van der Waals surface area contributed by atoms with Crippen LogP contribution in [-0.2, 0) is 26.8 Å². The summed E-state index contributed by atoms with van der Waals surface area (Å²) in [5, 5.41) is 2.79. The van der Waals surface area contributed by atoms with Crippen LogP contribution in [-0.4, -0.2) is 48.6 Å². The van der Waals surface area contributed by atoms with E-state index in [2.05, 4.69) is 5.32 Å². The molecule has 2 heterocycles. The first-order valence-corrected chi connectivity index (χ1v) is 10.7. The Morgan fingerprint density at radius 2 is 1.69 bits per heavy atom. The number of carbonyl (C=O) groups is 3. The Kier molecular flexibility index (Phi) is 3.63. The summed E-state index contributed by atoms with van der Waals surface area (Å²) in [7, 11) is -3.98. The number of rotatable bonds is 3. The molecule has 4 amide bonds. The molecule has 1 saturated heterocycles. The van der Waals surface area contributed by atoms with Crippen LogP contribution in [0, 0.1) is 0 Å². The van der Waals surface area contributed by atoms with Gasteiger partial charge in [-0.1, -0.05) is 36.4 Å². The van der Waals surface area contributed by atoms with Gasteiger partial charge < -0.3 is 5.32 Å². The summed E-state index contributed by atoms with van der Waals surface area (Å²) >= 11 is 0. The molecular weight excluding hydrogens is 394 g/mol. The van der Waals surface area contributed by atoms with Crippen molar-refractivity contribution in [3.05, 3.63) is 65.2 Å². The molecule has 2 aromatic rings. The van der Waals surface area contributed by atoms with Crippen LogP contribution in [0.1, 0.15) is 27.9 Å². The van der Waals surface area contributed by atoms with Crippen molar-refractivity contribution in [2.45, 2.75) is 23.3 Å². The molecule has 0 bridgehead atoms. The number of hydrogen-bond acceptors (Lipinski definition) is 5. The molecule has 8 nitrogen and oxygen atoms in total. The van der Waals surface area contributed by atoms with E-state index < -0.39 is 33.4 Å². The molecule has 5 rings (SSSR count). The van der Waals surface area contributed by atoms with E-state index in [1.807, 2.05) is 24.3 Å². The zero-order valence-corrected chi connectivity index (χ0v) is 16.1. The third-order valence-electron chi connectivity index (χ3n) is 5.86. The highest BCUT2D eigenvalue weighted by atomic mass is 32.2. The van der Waals surface area contributed by atoms with Crippen LogP contribution in [0.3, 0.4) is 0 Å². The van der Waals surface area contributed by atoms with Crippen molar-refractivity contribution in [1.29, 1.82) is 0 Å². The molecule has 1 aliphatic carbocycles. The molecule has 1 N–H and O–H groups in total. The van der Waals surface area contributed by atoms with Crippen LogP contribution in [0.25, 0.3) is 0 Å². The number of aryl methyl sites for hydroxylation is 1. The summed E-state index contributed by atoms with van der Waals surface area (Å²) in [5.41, 5.74) is 0.782. The van der Waals surface area contributed by atoms with E-state index in [9.17, 15) is 22.8 Å². The first-order chi connectivity index (χ1) is 13.9. The second kappa shape index (κ2) is 5.90. The lowest BCUT2D eigenvalue weighted by Crippen LogP contribution is -2.43. The Morgan fingerprint density at radius 1 is 0.966 bits per heavy atom. The van der Waals surface area contributed by atoms with Gasteiger partial charge in [-0.15, -0.1) is 0 Å². The lowest BCUT2D eigenvalue weighted by molar-refractivity contribution is -0.131. The predicted molar refractivity (Wildman–Crippen MR) is 101 cm³/mol. The standard InChI is InChI=1S/C20H17N3O5S/c24-17-14-6-2-4-8-16(14)29(27,28)23(17)12-11-22-18(25)20(21-19(22)26)10-9-13-5-1-3-7-15(13)20/h1-8H,9-12H2,(H,21,26). The van der Waals surface area contributed by atoms with Gasteiger partial charge in [0.05, 0.1) is 12.1 Å². The summed E-state index contributed by atoms with van der Waals surface area (Å²) in [4.78, 5) is 39.2. The van der Waals surface area contributed by atoms with Crippen molar-refractivity contribution in [2.75, 3.05) is 13.1 Å². The minimum atomic E-state index is -3.98.